The lowest BCUT2D eigenvalue weighted by Crippen LogP contribution is -2.32. The summed E-state index contributed by atoms with van der Waals surface area (Å²) in [4.78, 5) is -1.20. The normalized spacial score (nSPS) is 13.4. The molecule has 0 N–H and O–H groups in total. The van der Waals surface area contributed by atoms with Crippen molar-refractivity contribution in [2.75, 3.05) is 0 Å². The first-order valence-corrected chi connectivity index (χ1v) is 3.35. The average Bonchev–Trinajstić information content (AvgIpc) is 2.34. The Hall–Kier alpha value is -0.790. The van der Waals surface area contributed by atoms with Gasteiger partial charge < -0.3 is 0 Å². The van der Waals surface area contributed by atoms with Crippen molar-refractivity contribution in [2.24, 2.45) is 0 Å². The van der Waals surface area contributed by atoms with Gasteiger partial charge in [-0.25, -0.2) is 0 Å². The van der Waals surface area contributed by atoms with E-state index < -0.39 is 17.0 Å². The van der Waals surface area contributed by atoms with Crippen LogP contribution in [0.1, 0.15) is 4.88 Å². The first-order valence-electron chi connectivity index (χ1n) is 2.58. The predicted molar refractivity (Wildman–Crippen MR) is 29.9 cm³/mol. The van der Waals surface area contributed by atoms with Crippen molar-refractivity contribution in [3.8, 4) is 0 Å². The highest BCUT2D eigenvalue weighted by Crippen LogP contribution is 2.44. The van der Waals surface area contributed by atoms with E-state index >= 15 is 0 Å². The van der Waals surface area contributed by atoms with Gasteiger partial charge in [0.2, 0.25) is 0 Å². The number of hydrogen-bond donors (Lipinski definition) is 0. The number of rotatable bonds is 1. The lowest BCUT2D eigenvalue weighted by Gasteiger charge is -2.16. The maximum absolute atomic E-state index is 12.3. The van der Waals surface area contributed by atoms with Crippen LogP contribution in [0.2, 0.25) is 0 Å². The van der Waals surface area contributed by atoms with Crippen molar-refractivity contribution < 1.29 is 22.0 Å². The van der Waals surface area contributed by atoms with Gasteiger partial charge in [0, 0.05) is 0 Å². The van der Waals surface area contributed by atoms with Crippen molar-refractivity contribution in [3.05, 3.63) is 11.1 Å². The van der Waals surface area contributed by atoms with Gasteiger partial charge in [-0.15, -0.1) is 5.10 Å². The van der Waals surface area contributed by atoms with Gasteiger partial charge in [-0.2, -0.15) is 22.0 Å². The Balaban J connectivity index is 3.02. The third-order valence-electron chi connectivity index (χ3n) is 1.03. The fourth-order valence-corrected chi connectivity index (χ4v) is 0.952. The minimum absolute atomic E-state index is 0.0256. The van der Waals surface area contributed by atoms with Crippen molar-refractivity contribution >= 4 is 11.5 Å². The molecule has 12 heavy (non-hydrogen) atoms. The Morgan fingerprint density at radius 3 is 2.08 bits per heavy atom. The molecule has 0 fully saturated rings. The molecular weight excluding hydrogens is 203 g/mol. The SMILES string of the molecule is FC(F)(F)C(F)(F)c1cnns1. The van der Waals surface area contributed by atoms with Gasteiger partial charge in [-0.05, 0) is 11.5 Å². The summed E-state index contributed by atoms with van der Waals surface area (Å²) in [7, 11) is 0. The highest BCUT2D eigenvalue weighted by Gasteiger charge is 2.60. The molecule has 0 saturated heterocycles. The van der Waals surface area contributed by atoms with E-state index in [0.717, 1.165) is 0 Å². The van der Waals surface area contributed by atoms with Gasteiger partial charge in [-0.1, -0.05) is 4.49 Å². The summed E-state index contributed by atoms with van der Waals surface area (Å²) in [5.41, 5.74) is 0. The zero-order valence-corrected chi connectivity index (χ0v) is 6.09. The molecule has 0 radical (unpaired) electrons. The van der Waals surface area contributed by atoms with E-state index in [2.05, 4.69) is 9.59 Å². The van der Waals surface area contributed by atoms with E-state index in [4.69, 9.17) is 0 Å². The summed E-state index contributed by atoms with van der Waals surface area (Å²) in [5.74, 6) is -4.85. The summed E-state index contributed by atoms with van der Waals surface area (Å²) in [6, 6.07) is 0. The lowest BCUT2D eigenvalue weighted by molar-refractivity contribution is -0.287. The smallest absolute Gasteiger partial charge is 0.190 e. The van der Waals surface area contributed by atoms with Crippen molar-refractivity contribution in [3.63, 3.8) is 0 Å². The van der Waals surface area contributed by atoms with Crippen LogP contribution in [0.25, 0.3) is 0 Å². The van der Waals surface area contributed by atoms with Crippen LogP contribution in [0.4, 0.5) is 22.0 Å². The molecule has 68 valence electrons. The van der Waals surface area contributed by atoms with Gasteiger partial charge >= 0.3 is 12.1 Å². The third-order valence-corrected chi connectivity index (χ3v) is 1.76. The van der Waals surface area contributed by atoms with Crippen LogP contribution in [0.5, 0.6) is 0 Å². The number of nitrogens with zero attached hydrogens (tertiary/aromatic N) is 2. The zero-order chi connectivity index (χ0) is 9.41. The van der Waals surface area contributed by atoms with Crippen molar-refractivity contribution in [1.82, 2.24) is 9.59 Å². The molecule has 1 aromatic rings. The quantitative estimate of drug-likeness (QED) is 0.655. The molecule has 0 spiro atoms. The first kappa shape index (κ1) is 9.30. The summed E-state index contributed by atoms with van der Waals surface area (Å²) in [5, 5.41) is 2.89. The third kappa shape index (κ3) is 1.38. The fourth-order valence-electron chi connectivity index (χ4n) is 0.445. The number of halogens is 5. The Morgan fingerprint density at radius 2 is 1.75 bits per heavy atom. The topological polar surface area (TPSA) is 25.8 Å². The molecule has 1 rings (SSSR count). The van der Waals surface area contributed by atoms with Crippen LogP contribution in [0.15, 0.2) is 6.20 Å². The van der Waals surface area contributed by atoms with Crippen LogP contribution >= 0.6 is 11.5 Å². The molecule has 0 atom stereocenters. The van der Waals surface area contributed by atoms with E-state index in [0.29, 0.717) is 6.20 Å². The second-order valence-corrected chi connectivity index (χ2v) is 2.64. The Labute approximate surface area is 67.2 Å². The molecule has 0 saturated carbocycles. The largest absolute Gasteiger partial charge is 0.459 e. The van der Waals surface area contributed by atoms with Gasteiger partial charge in [0.15, 0.2) is 0 Å². The Morgan fingerprint density at radius 1 is 1.17 bits per heavy atom. The minimum Gasteiger partial charge on any atom is -0.190 e. The molecule has 0 aliphatic heterocycles. The van der Waals surface area contributed by atoms with Crippen LogP contribution in [-0.4, -0.2) is 15.8 Å². The standard InChI is InChI=1S/C4HF5N2S/c5-3(6,4(7,8)9)2-1-10-11-12-2/h1H. The zero-order valence-electron chi connectivity index (χ0n) is 5.27. The molecule has 8 heteroatoms. The van der Waals surface area contributed by atoms with Gasteiger partial charge in [-0.3, -0.25) is 0 Å². The van der Waals surface area contributed by atoms with E-state index in [1.165, 1.54) is 0 Å². The highest BCUT2D eigenvalue weighted by molar-refractivity contribution is 7.05. The maximum Gasteiger partial charge on any atom is 0.459 e. The Bertz CT molecular complexity index is 253. The van der Waals surface area contributed by atoms with E-state index in [1.807, 2.05) is 0 Å². The van der Waals surface area contributed by atoms with Gasteiger partial charge in [0.05, 0.1) is 6.20 Å². The van der Waals surface area contributed by atoms with Crippen molar-refractivity contribution in [1.29, 1.82) is 0 Å². The number of hydrogen-bond acceptors (Lipinski definition) is 3. The highest BCUT2D eigenvalue weighted by atomic mass is 32.1. The fraction of sp³-hybridized carbons (Fsp3) is 0.500. The monoisotopic (exact) mass is 204 g/mol. The molecule has 2 nitrogen and oxygen atoms in total. The molecule has 0 aliphatic rings. The first-order chi connectivity index (χ1) is 5.36. The molecule has 0 amide bonds. The molecule has 1 heterocycles. The summed E-state index contributed by atoms with van der Waals surface area (Å²) < 4.78 is 62.3. The lowest BCUT2D eigenvalue weighted by atomic mass is 10.3. The van der Waals surface area contributed by atoms with Crippen LogP contribution < -0.4 is 0 Å². The van der Waals surface area contributed by atoms with E-state index in [-0.39, 0.29) is 11.5 Å². The van der Waals surface area contributed by atoms with Crippen LogP contribution in [0, 0.1) is 0 Å². The molecule has 1 aromatic heterocycles. The maximum atomic E-state index is 12.3. The van der Waals surface area contributed by atoms with Crippen LogP contribution in [0.3, 0.4) is 0 Å². The average molecular weight is 204 g/mol. The Kier molecular flexibility index (Phi) is 2.02. The van der Waals surface area contributed by atoms with E-state index in [9.17, 15) is 22.0 Å². The summed E-state index contributed by atoms with van der Waals surface area (Å²) in [6.07, 6.45) is -5.18. The van der Waals surface area contributed by atoms with E-state index in [1.54, 1.807) is 0 Å². The summed E-state index contributed by atoms with van der Waals surface area (Å²) in [6.45, 7) is 0. The number of aromatic nitrogens is 2. The predicted octanol–water partition coefficient (Wildman–Crippen LogP) is 2.19. The van der Waals surface area contributed by atoms with Crippen LogP contribution in [-0.2, 0) is 5.92 Å². The molecule has 0 aromatic carbocycles. The van der Waals surface area contributed by atoms with Gasteiger partial charge in [0.25, 0.3) is 0 Å². The second-order valence-electron chi connectivity index (χ2n) is 1.85. The molecular formula is C4HF5N2S. The summed E-state index contributed by atoms with van der Waals surface area (Å²) >= 11 is 0.0256. The minimum atomic E-state index is -5.58. The molecule has 0 bridgehead atoms. The van der Waals surface area contributed by atoms with Crippen molar-refractivity contribution in [2.45, 2.75) is 12.1 Å². The van der Waals surface area contributed by atoms with Gasteiger partial charge in [0.1, 0.15) is 4.88 Å². The number of alkyl halides is 5. The molecule has 0 aliphatic carbocycles. The molecule has 0 unspecified atom stereocenters. The second kappa shape index (κ2) is 2.61.